The van der Waals surface area contributed by atoms with Crippen molar-refractivity contribution in [3.63, 3.8) is 0 Å². The molecule has 1 amide bonds. The Kier molecular flexibility index (Phi) is 7.11. The zero-order valence-electron chi connectivity index (χ0n) is 16.3. The third-order valence-corrected chi connectivity index (χ3v) is 5.33. The lowest BCUT2D eigenvalue weighted by atomic mass is 10.00. The Bertz CT molecular complexity index is 871. The first-order valence-corrected chi connectivity index (χ1v) is 10.4. The molecule has 0 fully saturated rings. The fourth-order valence-electron chi connectivity index (χ4n) is 2.48. The van der Waals surface area contributed by atoms with Crippen LogP contribution in [0.4, 0.5) is 0 Å². The fraction of sp³-hybridized carbons (Fsp3) is 0.421. The van der Waals surface area contributed by atoms with E-state index >= 15 is 0 Å². The number of halogens is 1. The van der Waals surface area contributed by atoms with Gasteiger partial charge in [-0.2, -0.15) is 0 Å². The number of carbonyl (C=O) groups excluding carboxylic acids is 1. The first-order valence-electron chi connectivity index (χ1n) is 8.33. The lowest BCUT2D eigenvalue weighted by molar-refractivity contribution is -0.125. The minimum Gasteiger partial charge on any atom is -0.470 e. The van der Waals surface area contributed by atoms with Gasteiger partial charge in [-0.25, -0.2) is 0 Å². The zero-order chi connectivity index (χ0) is 20.2. The van der Waals surface area contributed by atoms with Gasteiger partial charge in [-0.15, -0.1) is 11.8 Å². The number of ether oxygens (including phenoxy) is 1. The molecule has 2 aromatic rings. The summed E-state index contributed by atoms with van der Waals surface area (Å²) in [5, 5.41) is 7.82. The molecule has 1 N–H and O–H groups in total. The van der Waals surface area contributed by atoms with Crippen LogP contribution in [0.2, 0.25) is 0 Å². The number of nitrogens with one attached hydrogen (secondary N) is 1. The highest BCUT2D eigenvalue weighted by Crippen LogP contribution is 2.27. The summed E-state index contributed by atoms with van der Waals surface area (Å²) in [4.78, 5) is 22.0. The second-order valence-electron chi connectivity index (χ2n) is 6.62. The lowest BCUT2D eigenvalue weighted by Crippen LogP contribution is -2.52. The van der Waals surface area contributed by atoms with E-state index in [0.29, 0.717) is 11.5 Å². The first kappa shape index (κ1) is 21.5. The summed E-state index contributed by atoms with van der Waals surface area (Å²) in [5.41, 5.74) is 1.20. The van der Waals surface area contributed by atoms with Crippen LogP contribution in [0.5, 0.6) is 5.75 Å². The van der Waals surface area contributed by atoms with Crippen LogP contribution in [0, 0.1) is 6.92 Å². The summed E-state index contributed by atoms with van der Waals surface area (Å²) in [6, 6.07) is 5.76. The van der Waals surface area contributed by atoms with Crippen LogP contribution in [0.25, 0.3) is 10.9 Å². The number of oxime groups is 1. The smallest absolute Gasteiger partial charge is 0.272 e. The Hall–Kier alpha value is -1.80. The summed E-state index contributed by atoms with van der Waals surface area (Å²) < 4.78 is 6.87. The molecule has 0 radical (unpaired) electrons. The number of pyridine rings is 1. The number of amides is 1. The molecule has 0 aliphatic rings. The van der Waals surface area contributed by atoms with E-state index in [9.17, 15) is 4.79 Å². The summed E-state index contributed by atoms with van der Waals surface area (Å²) in [5.74, 6) is 0.387. The Morgan fingerprint density at radius 1 is 1.37 bits per heavy atom. The molecule has 8 heteroatoms. The second kappa shape index (κ2) is 8.93. The largest absolute Gasteiger partial charge is 0.470 e. The van der Waals surface area contributed by atoms with Crippen molar-refractivity contribution < 1.29 is 14.4 Å². The van der Waals surface area contributed by atoms with Crippen LogP contribution in [0.1, 0.15) is 26.3 Å². The maximum absolute atomic E-state index is 12.7. The Balaban J connectivity index is 2.22. The molecule has 1 unspecified atom stereocenters. The summed E-state index contributed by atoms with van der Waals surface area (Å²) in [6.07, 6.45) is 3.60. The van der Waals surface area contributed by atoms with Gasteiger partial charge in [-0.3, -0.25) is 9.78 Å². The summed E-state index contributed by atoms with van der Waals surface area (Å²) >= 11 is 4.76. The van der Waals surface area contributed by atoms with E-state index in [1.807, 2.05) is 45.2 Å². The van der Waals surface area contributed by atoms with Crippen LogP contribution < -0.4 is 10.1 Å². The average molecular weight is 454 g/mol. The Labute approximate surface area is 172 Å². The van der Waals surface area contributed by atoms with Gasteiger partial charge in [0.05, 0.1) is 16.8 Å². The van der Waals surface area contributed by atoms with E-state index in [1.54, 1.807) is 13.1 Å². The number of thioether (sulfide) groups is 1. The van der Waals surface area contributed by atoms with Crippen LogP contribution >= 0.6 is 27.7 Å². The minimum atomic E-state index is -0.698. The van der Waals surface area contributed by atoms with Gasteiger partial charge in [0.2, 0.25) is 5.44 Å². The molecule has 27 heavy (non-hydrogen) atoms. The quantitative estimate of drug-likeness (QED) is 0.384. The topological polar surface area (TPSA) is 72.8 Å². The van der Waals surface area contributed by atoms with Gasteiger partial charge < -0.3 is 14.9 Å². The highest BCUT2D eigenvalue weighted by Gasteiger charge is 2.29. The predicted molar refractivity (Wildman–Crippen MR) is 114 cm³/mol. The SMILES string of the molecule is CO/N=C(\C)C(C)(C)NC(=O)C(Oc1cc(C)c2ncc(Br)cc2c1)SC. The Morgan fingerprint density at radius 2 is 2.07 bits per heavy atom. The van der Waals surface area contributed by atoms with Gasteiger partial charge in [0.1, 0.15) is 12.9 Å². The molecule has 0 spiro atoms. The number of carbonyl (C=O) groups is 1. The Morgan fingerprint density at radius 3 is 2.70 bits per heavy atom. The fourth-order valence-corrected chi connectivity index (χ4v) is 3.31. The number of aryl methyl sites for hydroxylation is 1. The molecular formula is C19H24BrN3O3S. The molecule has 0 saturated carbocycles. The molecule has 1 heterocycles. The summed E-state index contributed by atoms with van der Waals surface area (Å²) in [6.45, 7) is 7.50. The number of rotatable bonds is 7. The normalized spacial score (nSPS) is 13.4. The van der Waals surface area contributed by atoms with Crippen LogP contribution in [-0.2, 0) is 9.63 Å². The van der Waals surface area contributed by atoms with Crippen LogP contribution in [-0.4, -0.2) is 40.9 Å². The highest BCUT2D eigenvalue weighted by molar-refractivity contribution is 9.10. The van der Waals surface area contributed by atoms with Crippen molar-refractivity contribution in [2.45, 2.75) is 38.7 Å². The number of hydrogen-bond acceptors (Lipinski definition) is 6. The van der Waals surface area contributed by atoms with Crippen LogP contribution in [0.15, 0.2) is 34.0 Å². The average Bonchev–Trinajstić information content (AvgIpc) is 2.58. The highest BCUT2D eigenvalue weighted by atomic mass is 79.9. The van der Waals surface area contributed by atoms with Crippen LogP contribution in [0.3, 0.4) is 0 Å². The number of fused-ring (bicyclic) bond motifs is 1. The molecule has 0 aliphatic carbocycles. The van der Waals surface area contributed by atoms with Gasteiger partial charge in [0.15, 0.2) is 0 Å². The van der Waals surface area contributed by atoms with E-state index < -0.39 is 11.0 Å². The molecule has 1 atom stereocenters. The molecular weight excluding hydrogens is 430 g/mol. The van der Waals surface area contributed by atoms with Gasteiger partial charge in [-0.1, -0.05) is 5.16 Å². The zero-order valence-corrected chi connectivity index (χ0v) is 18.7. The van der Waals surface area contributed by atoms with Gasteiger partial charge in [0.25, 0.3) is 5.91 Å². The molecule has 146 valence electrons. The molecule has 0 bridgehead atoms. The molecule has 0 saturated heterocycles. The van der Waals surface area contributed by atoms with E-state index in [4.69, 9.17) is 9.57 Å². The van der Waals surface area contributed by atoms with Crippen molar-refractivity contribution in [2.75, 3.05) is 13.4 Å². The molecule has 2 rings (SSSR count). The van der Waals surface area contributed by atoms with Crippen molar-refractivity contribution in [1.29, 1.82) is 0 Å². The van der Waals surface area contributed by atoms with Gasteiger partial charge >= 0.3 is 0 Å². The standard InChI is InChI=1S/C19H24BrN3O3S/c1-11-7-15(9-13-8-14(20)10-21-16(11)13)26-18(27-6)17(24)22-19(3,4)12(2)23-25-5/h7-10,18H,1-6H3,(H,22,24)/b23-12+. The predicted octanol–water partition coefficient (Wildman–Crippen LogP) is 4.29. The minimum absolute atomic E-state index is 0.233. The van der Waals surface area contributed by atoms with Crippen molar-refractivity contribution in [3.05, 3.63) is 34.4 Å². The van der Waals surface area contributed by atoms with E-state index in [0.717, 1.165) is 20.9 Å². The maximum Gasteiger partial charge on any atom is 0.272 e. The van der Waals surface area contributed by atoms with Crippen molar-refractivity contribution >= 4 is 50.2 Å². The van der Waals surface area contributed by atoms with E-state index in [1.165, 1.54) is 18.9 Å². The van der Waals surface area contributed by atoms with Gasteiger partial charge in [-0.05, 0) is 73.6 Å². The number of aromatic nitrogens is 1. The summed E-state index contributed by atoms with van der Waals surface area (Å²) in [7, 11) is 1.48. The third kappa shape index (κ3) is 5.35. The molecule has 6 nitrogen and oxygen atoms in total. The lowest BCUT2D eigenvalue weighted by Gasteiger charge is -2.28. The first-order chi connectivity index (χ1) is 12.7. The third-order valence-electron chi connectivity index (χ3n) is 4.15. The second-order valence-corrected chi connectivity index (χ2v) is 8.44. The van der Waals surface area contributed by atoms with E-state index in [2.05, 4.69) is 31.4 Å². The molecule has 1 aromatic heterocycles. The van der Waals surface area contributed by atoms with Gasteiger partial charge in [0, 0.05) is 16.1 Å². The monoisotopic (exact) mass is 453 g/mol. The van der Waals surface area contributed by atoms with Crippen molar-refractivity contribution in [3.8, 4) is 5.75 Å². The van der Waals surface area contributed by atoms with E-state index in [-0.39, 0.29) is 5.91 Å². The van der Waals surface area contributed by atoms with Crippen molar-refractivity contribution in [2.24, 2.45) is 5.16 Å². The molecule has 1 aromatic carbocycles. The number of hydrogen-bond donors (Lipinski definition) is 1. The number of nitrogens with zero attached hydrogens (tertiary/aromatic N) is 2. The van der Waals surface area contributed by atoms with Crippen molar-refractivity contribution in [1.82, 2.24) is 10.3 Å². The maximum atomic E-state index is 12.7. The number of benzene rings is 1. The molecule has 0 aliphatic heterocycles.